The Morgan fingerprint density at radius 1 is 1.15 bits per heavy atom. The first-order valence-corrected chi connectivity index (χ1v) is 10.2. The SMILES string of the molecule is N#Cc1cnc2ccc(OC(F)F)cc2c1N1CCN(CC(=O)Nc2ccc(F)cc2)CC1. The molecule has 33 heavy (non-hydrogen) atoms. The molecule has 0 bridgehead atoms. The van der Waals surface area contributed by atoms with Gasteiger partial charge in [-0.15, -0.1) is 0 Å². The van der Waals surface area contributed by atoms with Crippen LogP contribution >= 0.6 is 0 Å². The molecule has 7 nitrogen and oxygen atoms in total. The number of benzene rings is 2. The number of nitrogens with zero attached hydrogens (tertiary/aromatic N) is 4. The minimum absolute atomic E-state index is 0.00765. The standard InChI is InChI=1S/C23H20F3N5O2/c24-16-1-3-17(4-2-16)29-21(32)14-30-7-9-31(10-8-30)22-15(12-27)13-28-20-6-5-18(11-19(20)22)33-23(25)26/h1-6,11,13,23H,7-10,14H2,(H,29,32). The van der Waals surface area contributed by atoms with Gasteiger partial charge in [0.1, 0.15) is 17.6 Å². The lowest BCUT2D eigenvalue weighted by Crippen LogP contribution is -2.49. The van der Waals surface area contributed by atoms with Crippen LogP contribution in [0.3, 0.4) is 0 Å². The molecule has 0 unspecified atom stereocenters. The van der Waals surface area contributed by atoms with Crippen molar-refractivity contribution < 1.29 is 22.7 Å². The average molecular weight is 455 g/mol. The van der Waals surface area contributed by atoms with Crippen molar-refractivity contribution >= 4 is 28.2 Å². The van der Waals surface area contributed by atoms with E-state index in [-0.39, 0.29) is 24.0 Å². The number of hydrogen-bond acceptors (Lipinski definition) is 6. The van der Waals surface area contributed by atoms with E-state index in [4.69, 9.17) is 0 Å². The monoisotopic (exact) mass is 455 g/mol. The summed E-state index contributed by atoms with van der Waals surface area (Å²) >= 11 is 0. The highest BCUT2D eigenvalue weighted by molar-refractivity contribution is 5.95. The van der Waals surface area contributed by atoms with E-state index in [1.165, 1.54) is 42.6 Å². The van der Waals surface area contributed by atoms with E-state index in [9.17, 15) is 23.2 Å². The van der Waals surface area contributed by atoms with Gasteiger partial charge in [-0.05, 0) is 42.5 Å². The molecule has 1 aromatic heterocycles. The lowest BCUT2D eigenvalue weighted by Gasteiger charge is -2.36. The first kappa shape index (κ1) is 22.4. The molecule has 4 rings (SSSR count). The maximum atomic E-state index is 13.0. The minimum atomic E-state index is -2.96. The molecule has 2 heterocycles. The van der Waals surface area contributed by atoms with Crippen LogP contribution in [0.4, 0.5) is 24.5 Å². The number of fused-ring (bicyclic) bond motifs is 1. The molecule has 2 aromatic carbocycles. The number of amides is 1. The smallest absolute Gasteiger partial charge is 0.387 e. The summed E-state index contributed by atoms with van der Waals surface area (Å²) in [4.78, 5) is 20.5. The zero-order valence-electron chi connectivity index (χ0n) is 17.5. The first-order chi connectivity index (χ1) is 15.9. The molecule has 1 N–H and O–H groups in total. The molecule has 170 valence electrons. The zero-order chi connectivity index (χ0) is 23.4. The number of ether oxygens (including phenoxy) is 1. The van der Waals surface area contributed by atoms with Gasteiger partial charge in [0.15, 0.2) is 0 Å². The maximum absolute atomic E-state index is 13.0. The van der Waals surface area contributed by atoms with E-state index in [1.54, 1.807) is 6.07 Å². The van der Waals surface area contributed by atoms with Crippen LogP contribution in [0.25, 0.3) is 10.9 Å². The Hall–Kier alpha value is -3.84. The van der Waals surface area contributed by atoms with Gasteiger partial charge in [0.2, 0.25) is 5.91 Å². The number of pyridine rings is 1. The van der Waals surface area contributed by atoms with Crippen molar-refractivity contribution in [2.45, 2.75) is 6.61 Å². The van der Waals surface area contributed by atoms with Crippen molar-refractivity contribution in [1.29, 1.82) is 5.26 Å². The number of alkyl halides is 2. The van der Waals surface area contributed by atoms with Crippen LogP contribution in [-0.2, 0) is 4.79 Å². The molecule has 0 atom stereocenters. The first-order valence-electron chi connectivity index (χ1n) is 10.2. The Balaban J connectivity index is 1.46. The van der Waals surface area contributed by atoms with Gasteiger partial charge in [-0.1, -0.05) is 0 Å². The van der Waals surface area contributed by atoms with E-state index >= 15 is 0 Å². The van der Waals surface area contributed by atoms with Gasteiger partial charge in [0.05, 0.1) is 23.3 Å². The summed E-state index contributed by atoms with van der Waals surface area (Å²) in [6.07, 6.45) is 1.47. The van der Waals surface area contributed by atoms with Crippen molar-refractivity contribution in [3.05, 3.63) is 60.0 Å². The van der Waals surface area contributed by atoms with Crippen molar-refractivity contribution in [2.24, 2.45) is 0 Å². The van der Waals surface area contributed by atoms with E-state index in [2.05, 4.69) is 21.1 Å². The molecule has 1 amide bonds. The number of aromatic nitrogens is 1. The minimum Gasteiger partial charge on any atom is -0.435 e. The molecule has 0 radical (unpaired) electrons. The average Bonchev–Trinajstić information content (AvgIpc) is 2.80. The number of halogens is 3. The van der Waals surface area contributed by atoms with E-state index in [0.717, 1.165) is 0 Å². The molecule has 10 heteroatoms. The second-order valence-corrected chi connectivity index (χ2v) is 7.51. The number of nitriles is 1. The number of rotatable bonds is 6. The summed E-state index contributed by atoms with van der Waals surface area (Å²) in [7, 11) is 0. The Labute approximate surface area is 188 Å². The van der Waals surface area contributed by atoms with Crippen LogP contribution in [0, 0.1) is 17.1 Å². The third-order valence-corrected chi connectivity index (χ3v) is 5.34. The van der Waals surface area contributed by atoms with Gasteiger partial charge in [0, 0.05) is 43.4 Å². The summed E-state index contributed by atoms with van der Waals surface area (Å²) in [6.45, 7) is -0.630. The van der Waals surface area contributed by atoms with Gasteiger partial charge in [-0.2, -0.15) is 14.0 Å². The fourth-order valence-electron chi connectivity index (χ4n) is 3.82. The highest BCUT2D eigenvalue weighted by Crippen LogP contribution is 2.33. The van der Waals surface area contributed by atoms with Crippen LogP contribution < -0.4 is 15.0 Å². The van der Waals surface area contributed by atoms with Crippen LogP contribution in [0.15, 0.2) is 48.7 Å². The van der Waals surface area contributed by atoms with Crippen LogP contribution in [0.5, 0.6) is 5.75 Å². The van der Waals surface area contributed by atoms with Crippen LogP contribution in [-0.4, -0.2) is 55.1 Å². The molecule has 3 aromatic rings. The molecular formula is C23H20F3N5O2. The van der Waals surface area contributed by atoms with Gasteiger partial charge >= 0.3 is 6.61 Å². The lowest BCUT2D eigenvalue weighted by molar-refractivity contribution is -0.117. The summed E-state index contributed by atoms with van der Waals surface area (Å²) in [5.41, 5.74) is 2.02. The van der Waals surface area contributed by atoms with Crippen molar-refractivity contribution in [3.8, 4) is 11.8 Å². The molecule has 1 aliphatic rings. The van der Waals surface area contributed by atoms with Crippen molar-refractivity contribution in [3.63, 3.8) is 0 Å². The summed E-state index contributed by atoms with van der Waals surface area (Å²) in [5.74, 6) is -0.597. The largest absolute Gasteiger partial charge is 0.435 e. The highest BCUT2D eigenvalue weighted by Gasteiger charge is 2.23. The Morgan fingerprint density at radius 3 is 2.55 bits per heavy atom. The quantitative estimate of drug-likeness (QED) is 0.612. The lowest BCUT2D eigenvalue weighted by atomic mass is 10.1. The predicted octanol–water partition coefficient (Wildman–Crippen LogP) is 3.61. The van der Waals surface area contributed by atoms with Crippen molar-refractivity contribution in [2.75, 3.05) is 42.9 Å². The van der Waals surface area contributed by atoms with Gasteiger partial charge in [-0.3, -0.25) is 14.7 Å². The van der Waals surface area contributed by atoms with Gasteiger partial charge < -0.3 is 15.0 Å². The third kappa shape index (κ3) is 5.32. The summed E-state index contributed by atoms with van der Waals surface area (Å²) < 4.78 is 42.9. The van der Waals surface area contributed by atoms with E-state index < -0.39 is 6.61 Å². The number of carbonyl (C=O) groups is 1. The molecular weight excluding hydrogens is 435 g/mol. The normalized spacial score (nSPS) is 14.3. The van der Waals surface area contributed by atoms with Gasteiger partial charge in [-0.25, -0.2) is 4.39 Å². The van der Waals surface area contributed by atoms with Crippen molar-refractivity contribution in [1.82, 2.24) is 9.88 Å². The van der Waals surface area contributed by atoms with Gasteiger partial charge in [0.25, 0.3) is 0 Å². The predicted molar refractivity (Wildman–Crippen MR) is 117 cm³/mol. The van der Waals surface area contributed by atoms with E-state index in [1.807, 2.05) is 9.80 Å². The molecule has 0 spiro atoms. The van der Waals surface area contributed by atoms with E-state index in [0.29, 0.717) is 54.0 Å². The number of piperazine rings is 1. The number of nitrogens with one attached hydrogen (secondary N) is 1. The molecule has 0 saturated carbocycles. The second-order valence-electron chi connectivity index (χ2n) is 7.51. The van der Waals surface area contributed by atoms with Crippen LogP contribution in [0.2, 0.25) is 0 Å². The number of carbonyl (C=O) groups excluding carboxylic acids is 1. The zero-order valence-corrected chi connectivity index (χ0v) is 17.5. The van der Waals surface area contributed by atoms with Crippen LogP contribution in [0.1, 0.15) is 5.56 Å². The number of hydrogen-bond donors (Lipinski definition) is 1. The maximum Gasteiger partial charge on any atom is 0.387 e. The second kappa shape index (κ2) is 9.75. The Bertz CT molecular complexity index is 1190. The Kier molecular flexibility index (Phi) is 6.60. The summed E-state index contributed by atoms with van der Waals surface area (Å²) in [6, 6.07) is 12.1. The third-order valence-electron chi connectivity index (χ3n) is 5.34. The topological polar surface area (TPSA) is 81.5 Å². The fourth-order valence-corrected chi connectivity index (χ4v) is 3.82. The number of anilines is 2. The highest BCUT2D eigenvalue weighted by atomic mass is 19.3. The summed E-state index contributed by atoms with van der Waals surface area (Å²) in [5, 5.41) is 12.9. The molecule has 1 aliphatic heterocycles. The Morgan fingerprint density at radius 2 is 1.88 bits per heavy atom. The molecule has 1 saturated heterocycles. The molecule has 1 fully saturated rings. The fraction of sp³-hybridized carbons (Fsp3) is 0.261. The molecule has 0 aliphatic carbocycles.